The zero-order valence-electron chi connectivity index (χ0n) is 12.4. The van der Waals surface area contributed by atoms with Crippen LogP contribution < -0.4 is 10.4 Å². The number of ether oxygens (including phenoxy) is 2. The molecule has 116 valence electrons. The minimum atomic E-state index is -0.757. The normalized spacial score (nSPS) is 22.7. The van der Waals surface area contributed by atoms with Crippen molar-refractivity contribution in [2.75, 3.05) is 0 Å². The van der Waals surface area contributed by atoms with Crippen LogP contribution in [0.3, 0.4) is 0 Å². The molecule has 1 aromatic heterocycles. The molecule has 1 aliphatic heterocycles. The maximum Gasteiger partial charge on any atom is 0.336 e. The van der Waals surface area contributed by atoms with E-state index in [1.165, 1.54) is 13.0 Å². The standard InChI is InChI=1S/C16H15ClO5/c1-8(18)20-14-12-10(22-16(2,3)15(14)17)6-4-9-5-7-11(19)21-13(9)12/h4-7,14-15H,1-3H3. The highest BCUT2D eigenvalue weighted by Gasteiger charge is 2.46. The van der Waals surface area contributed by atoms with Gasteiger partial charge in [-0.25, -0.2) is 4.79 Å². The van der Waals surface area contributed by atoms with Crippen LogP contribution in [-0.4, -0.2) is 16.9 Å². The van der Waals surface area contributed by atoms with E-state index in [0.29, 0.717) is 22.3 Å². The van der Waals surface area contributed by atoms with Gasteiger partial charge in [0, 0.05) is 18.4 Å². The van der Waals surface area contributed by atoms with Crippen LogP contribution in [0, 0.1) is 0 Å². The first kappa shape index (κ1) is 14.9. The van der Waals surface area contributed by atoms with Gasteiger partial charge >= 0.3 is 11.6 Å². The van der Waals surface area contributed by atoms with Crippen LogP contribution in [0.4, 0.5) is 0 Å². The van der Waals surface area contributed by atoms with Crippen molar-refractivity contribution in [1.82, 2.24) is 0 Å². The molecule has 1 aromatic carbocycles. The molecule has 6 heteroatoms. The Labute approximate surface area is 131 Å². The van der Waals surface area contributed by atoms with Crippen LogP contribution >= 0.6 is 11.6 Å². The maximum atomic E-state index is 11.6. The monoisotopic (exact) mass is 322 g/mol. The Morgan fingerprint density at radius 1 is 1.27 bits per heavy atom. The van der Waals surface area contributed by atoms with Crippen molar-refractivity contribution in [2.24, 2.45) is 0 Å². The zero-order chi connectivity index (χ0) is 16.1. The summed E-state index contributed by atoms with van der Waals surface area (Å²) in [6.07, 6.45) is -0.757. The number of carbonyl (C=O) groups is 1. The molecule has 0 N–H and O–H groups in total. The van der Waals surface area contributed by atoms with Gasteiger partial charge in [0.1, 0.15) is 22.3 Å². The van der Waals surface area contributed by atoms with Crippen LogP contribution in [0.15, 0.2) is 33.5 Å². The molecule has 0 amide bonds. The molecule has 0 spiro atoms. The lowest BCUT2D eigenvalue weighted by atomic mass is 9.90. The summed E-state index contributed by atoms with van der Waals surface area (Å²) in [5.41, 5.74) is -0.405. The summed E-state index contributed by atoms with van der Waals surface area (Å²) in [4.78, 5) is 23.0. The van der Waals surface area contributed by atoms with E-state index in [2.05, 4.69) is 0 Å². The van der Waals surface area contributed by atoms with E-state index in [0.717, 1.165) is 0 Å². The number of hydrogen-bond acceptors (Lipinski definition) is 5. The number of benzene rings is 1. The quantitative estimate of drug-likeness (QED) is 0.458. The van der Waals surface area contributed by atoms with E-state index in [-0.39, 0.29) is 0 Å². The van der Waals surface area contributed by atoms with E-state index >= 15 is 0 Å². The topological polar surface area (TPSA) is 65.7 Å². The summed E-state index contributed by atoms with van der Waals surface area (Å²) >= 11 is 6.46. The van der Waals surface area contributed by atoms with Crippen molar-refractivity contribution in [2.45, 2.75) is 37.9 Å². The molecule has 0 fully saturated rings. The van der Waals surface area contributed by atoms with Crippen LogP contribution in [0.25, 0.3) is 11.0 Å². The molecular formula is C16H15ClO5. The molecule has 0 saturated heterocycles. The van der Waals surface area contributed by atoms with Gasteiger partial charge in [-0.05, 0) is 32.0 Å². The molecule has 1 aliphatic rings. The maximum absolute atomic E-state index is 11.6. The highest BCUT2D eigenvalue weighted by molar-refractivity contribution is 6.22. The largest absolute Gasteiger partial charge is 0.486 e. The lowest BCUT2D eigenvalue weighted by Crippen LogP contribution is -2.46. The summed E-state index contributed by atoms with van der Waals surface area (Å²) in [7, 11) is 0. The van der Waals surface area contributed by atoms with Crippen molar-refractivity contribution in [1.29, 1.82) is 0 Å². The number of hydrogen-bond donors (Lipinski definition) is 0. The zero-order valence-corrected chi connectivity index (χ0v) is 13.1. The molecule has 2 aromatic rings. The van der Waals surface area contributed by atoms with Crippen LogP contribution in [0.5, 0.6) is 5.75 Å². The minimum absolute atomic E-state index is 0.331. The first-order chi connectivity index (χ1) is 10.3. The molecule has 2 atom stereocenters. The second kappa shape index (κ2) is 5.02. The van der Waals surface area contributed by atoms with Crippen molar-refractivity contribution < 1.29 is 18.7 Å². The second-order valence-electron chi connectivity index (χ2n) is 5.79. The molecule has 0 bridgehead atoms. The van der Waals surface area contributed by atoms with E-state index in [1.54, 1.807) is 18.2 Å². The number of fused-ring (bicyclic) bond motifs is 3. The number of carbonyl (C=O) groups excluding carboxylic acids is 1. The van der Waals surface area contributed by atoms with E-state index in [9.17, 15) is 9.59 Å². The summed E-state index contributed by atoms with van der Waals surface area (Å²) in [5, 5.41) is 0.0858. The lowest BCUT2D eigenvalue weighted by Gasteiger charge is -2.41. The number of halogens is 1. The SMILES string of the molecule is CC(=O)OC1c2c(ccc3ccc(=O)oc23)OC(C)(C)C1Cl. The van der Waals surface area contributed by atoms with Gasteiger partial charge in [0.15, 0.2) is 6.10 Å². The predicted octanol–water partition coefficient (Wildman–Crippen LogP) is 3.18. The third-order valence-corrected chi connectivity index (χ3v) is 4.42. The van der Waals surface area contributed by atoms with Crippen LogP contribution in [0.1, 0.15) is 32.4 Å². The van der Waals surface area contributed by atoms with Crippen LogP contribution in [0.2, 0.25) is 0 Å². The van der Waals surface area contributed by atoms with Crippen molar-refractivity contribution in [3.63, 3.8) is 0 Å². The molecule has 2 unspecified atom stereocenters. The summed E-state index contributed by atoms with van der Waals surface area (Å²) in [6.45, 7) is 4.94. The highest BCUT2D eigenvalue weighted by Crippen LogP contribution is 2.47. The number of esters is 1. The molecule has 0 saturated carbocycles. The van der Waals surface area contributed by atoms with E-state index in [4.69, 9.17) is 25.5 Å². The van der Waals surface area contributed by atoms with Crippen molar-refractivity contribution >= 4 is 28.5 Å². The fourth-order valence-corrected chi connectivity index (χ4v) is 2.86. The summed E-state index contributed by atoms with van der Waals surface area (Å²) in [5.74, 6) is 0.0320. The predicted molar refractivity (Wildman–Crippen MR) is 81.3 cm³/mol. The fourth-order valence-electron chi connectivity index (χ4n) is 2.64. The number of alkyl halides is 1. The fraction of sp³-hybridized carbons (Fsp3) is 0.375. The van der Waals surface area contributed by atoms with E-state index in [1.807, 2.05) is 13.8 Å². The average Bonchev–Trinajstić information content (AvgIpc) is 2.42. The van der Waals surface area contributed by atoms with Gasteiger partial charge in [-0.1, -0.05) is 0 Å². The minimum Gasteiger partial charge on any atom is -0.486 e. The first-order valence-electron chi connectivity index (χ1n) is 6.86. The van der Waals surface area contributed by atoms with Gasteiger partial charge in [-0.15, -0.1) is 11.6 Å². The molecule has 0 aliphatic carbocycles. The Balaban J connectivity index is 2.30. The molecular weight excluding hydrogens is 308 g/mol. The third-order valence-electron chi connectivity index (χ3n) is 3.67. The van der Waals surface area contributed by atoms with Gasteiger partial charge in [0.25, 0.3) is 0 Å². The molecule has 22 heavy (non-hydrogen) atoms. The Kier molecular flexibility index (Phi) is 3.40. The Morgan fingerprint density at radius 3 is 2.64 bits per heavy atom. The molecule has 0 radical (unpaired) electrons. The van der Waals surface area contributed by atoms with Gasteiger partial charge in [-0.2, -0.15) is 0 Å². The highest BCUT2D eigenvalue weighted by atomic mass is 35.5. The van der Waals surface area contributed by atoms with Gasteiger partial charge < -0.3 is 13.9 Å². The molecule has 5 nitrogen and oxygen atoms in total. The summed E-state index contributed by atoms with van der Waals surface area (Å²) < 4.78 is 16.6. The van der Waals surface area contributed by atoms with E-state index < -0.39 is 28.7 Å². The van der Waals surface area contributed by atoms with Gasteiger partial charge in [-0.3, -0.25) is 4.79 Å². The average molecular weight is 323 g/mol. The smallest absolute Gasteiger partial charge is 0.336 e. The van der Waals surface area contributed by atoms with Crippen LogP contribution in [-0.2, 0) is 9.53 Å². The molecule has 2 heterocycles. The Hall–Kier alpha value is -2.01. The summed E-state index contributed by atoms with van der Waals surface area (Å²) in [6, 6.07) is 6.53. The molecule has 3 rings (SSSR count). The first-order valence-corrected chi connectivity index (χ1v) is 7.30. The Morgan fingerprint density at radius 2 is 1.95 bits per heavy atom. The second-order valence-corrected chi connectivity index (χ2v) is 6.26. The number of rotatable bonds is 1. The lowest BCUT2D eigenvalue weighted by molar-refractivity contribution is -0.149. The van der Waals surface area contributed by atoms with Gasteiger partial charge in [0.2, 0.25) is 0 Å². The van der Waals surface area contributed by atoms with Crippen molar-refractivity contribution in [3.8, 4) is 5.75 Å². The Bertz CT molecular complexity index is 808. The van der Waals surface area contributed by atoms with Gasteiger partial charge in [0.05, 0.1) is 5.56 Å². The van der Waals surface area contributed by atoms with Crippen molar-refractivity contribution in [3.05, 3.63) is 40.2 Å². The third kappa shape index (κ3) is 2.35.